The summed E-state index contributed by atoms with van der Waals surface area (Å²) in [4.78, 5) is 22.0. The molecule has 2 aromatic rings. The number of amides is 2. The van der Waals surface area contributed by atoms with Crippen LogP contribution in [0.2, 0.25) is 0 Å². The molecule has 1 aromatic carbocycles. The molecule has 25 heavy (non-hydrogen) atoms. The molecule has 0 aliphatic carbocycles. The predicted molar refractivity (Wildman–Crippen MR) is 97.2 cm³/mol. The van der Waals surface area contributed by atoms with Crippen LogP contribution in [0.4, 0.5) is 4.79 Å². The Kier molecular flexibility index (Phi) is 4.73. The van der Waals surface area contributed by atoms with Crippen LogP contribution in [-0.2, 0) is 9.84 Å². The highest BCUT2D eigenvalue weighted by atomic mass is 32.2. The van der Waals surface area contributed by atoms with Gasteiger partial charge in [0.05, 0.1) is 28.6 Å². The van der Waals surface area contributed by atoms with Crippen LogP contribution in [0, 0.1) is 12.8 Å². The number of fused-ring (bicyclic) bond motifs is 1. The number of benzene rings is 1. The number of carbonyl (C=O) groups is 1. The predicted octanol–water partition coefficient (Wildman–Crippen LogP) is 2.01. The number of hydrogen-bond acceptors (Lipinski definition) is 4. The van der Waals surface area contributed by atoms with Gasteiger partial charge in [0.2, 0.25) is 0 Å². The lowest BCUT2D eigenvalue weighted by Crippen LogP contribution is -2.49. The fourth-order valence-electron chi connectivity index (χ4n) is 2.98. The van der Waals surface area contributed by atoms with Crippen LogP contribution in [-0.4, -0.2) is 53.9 Å². The number of sulfone groups is 1. The van der Waals surface area contributed by atoms with E-state index < -0.39 is 9.84 Å². The van der Waals surface area contributed by atoms with E-state index in [0.29, 0.717) is 5.82 Å². The van der Waals surface area contributed by atoms with Crippen molar-refractivity contribution in [3.05, 3.63) is 29.6 Å². The standard InChI is InChI=1S/C17H24N4O3S/c1-11(2)15(16-18-13-5-4-12(3)10-14(13)19-16)20-17(22)21-6-8-25(23,24)9-7-21/h4-5,10-11,15H,6-9H2,1-3H3,(H,18,19)(H,20,22)/t15-/m0/s1. The average molecular weight is 364 g/mol. The summed E-state index contributed by atoms with van der Waals surface area (Å²) in [5, 5.41) is 3.00. The number of aromatic amines is 1. The molecule has 1 aliphatic rings. The normalized spacial score (nSPS) is 18.5. The summed E-state index contributed by atoms with van der Waals surface area (Å²) in [6.45, 7) is 6.52. The molecule has 7 nitrogen and oxygen atoms in total. The van der Waals surface area contributed by atoms with Gasteiger partial charge in [0.15, 0.2) is 9.84 Å². The Hall–Kier alpha value is -2.09. The van der Waals surface area contributed by atoms with Gasteiger partial charge >= 0.3 is 6.03 Å². The number of nitrogens with zero attached hydrogens (tertiary/aromatic N) is 2. The van der Waals surface area contributed by atoms with E-state index in [2.05, 4.69) is 15.3 Å². The molecule has 136 valence electrons. The molecule has 1 aliphatic heterocycles. The smallest absolute Gasteiger partial charge is 0.318 e. The molecular weight excluding hydrogens is 340 g/mol. The molecule has 1 fully saturated rings. The Balaban J connectivity index is 1.77. The number of imidazole rings is 1. The average Bonchev–Trinajstić information content (AvgIpc) is 2.94. The lowest BCUT2D eigenvalue weighted by molar-refractivity contribution is 0.193. The second-order valence-corrected chi connectivity index (χ2v) is 9.26. The minimum absolute atomic E-state index is 0.0245. The van der Waals surface area contributed by atoms with Crippen LogP contribution in [0.3, 0.4) is 0 Å². The maximum absolute atomic E-state index is 12.5. The van der Waals surface area contributed by atoms with Gasteiger partial charge in [-0.3, -0.25) is 0 Å². The lowest BCUT2D eigenvalue weighted by Gasteiger charge is -2.29. The van der Waals surface area contributed by atoms with Gasteiger partial charge in [-0.05, 0) is 30.5 Å². The SMILES string of the molecule is Cc1ccc2nc([C@@H](NC(=O)N3CCS(=O)(=O)CC3)C(C)C)[nH]c2c1. The fourth-order valence-corrected chi connectivity index (χ4v) is 4.18. The van der Waals surface area contributed by atoms with Gasteiger partial charge in [-0.25, -0.2) is 18.2 Å². The number of H-pyrrole nitrogens is 1. The molecule has 0 bridgehead atoms. The van der Waals surface area contributed by atoms with Gasteiger partial charge in [0, 0.05) is 13.1 Å². The van der Waals surface area contributed by atoms with Crippen LogP contribution in [0.5, 0.6) is 0 Å². The van der Waals surface area contributed by atoms with E-state index in [0.717, 1.165) is 16.6 Å². The van der Waals surface area contributed by atoms with Crippen LogP contribution in [0.25, 0.3) is 11.0 Å². The molecule has 3 rings (SSSR count). The third-order valence-electron chi connectivity index (χ3n) is 4.53. The zero-order valence-electron chi connectivity index (χ0n) is 14.7. The lowest BCUT2D eigenvalue weighted by atomic mass is 10.0. The Morgan fingerprint density at radius 2 is 1.96 bits per heavy atom. The van der Waals surface area contributed by atoms with E-state index >= 15 is 0 Å². The topological polar surface area (TPSA) is 95.2 Å². The summed E-state index contributed by atoms with van der Waals surface area (Å²) in [6.07, 6.45) is 0. The Bertz CT molecular complexity index is 874. The highest BCUT2D eigenvalue weighted by Gasteiger charge is 2.28. The van der Waals surface area contributed by atoms with Crippen LogP contribution in [0.1, 0.15) is 31.3 Å². The van der Waals surface area contributed by atoms with E-state index in [1.807, 2.05) is 39.0 Å². The second kappa shape index (κ2) is 6.67. The van der Waals surface area contributed by atoms with E-state index in [9.17, 15) is 13.2 Å². The van der Waals surface area contributed by atoms with Crippen LogP contribution in [0.15, 0.2) is 18.2 Å². The molecular formula is C17H24N4O3S. The first-order valence-corrected chi connectivity index (χ1v) is 10.3. The van der Waals surface area contributed by atoms with Gasteiger partial charge in [-0.1, -0.05) is 19.9 Å². The first-order chi connectivity index (χ1) is 11.7. The van der Waals surface area contributed by atoms with Crippen LogP contribution < -0.4 is 5.32 Å². The number of carbonyl (C=O) groups excluding carboxylic acids is 1. The molecule has 1 aromatic heterocycles. The molecule has 0 radical (unpaired) electrons. The van der Waals surface area contributed by atoms with Crippen molar-refractivity contribution < 1.29 is 13.2 Å². The van der Waals surface area contributed by atoms with Crippen molar-refractivity contribution >= 4 is 26.9 Å². The zero-order chi connectivity index (χ0) is 18.2. The second-order valence-electron chi connectivity index (χ2n) is 6.95. The minimum atomic E-state index is -3.01. The minimum Gasteiger partial charge on any atom is -0.340 e. The summed E-state index contributed by atoms with van der Waals surface area (Å²) in [7, 11) is -3.01. The summed E-state index contributed by atoms with van der Waals surface area (Å²) in [6, 6.07) is 5.48. The number of aromatic nitrogens is 2. The fraction of sp³-hybridized carbons (Fsp3) is 0.529. The number of hydrogen-bond donors (Lipinski definition) is 2. The van der Waals surface area contributed by atoms with Gasteiger partial charge in [-0.2, -0.15) is 0 Å². The first-order valence-electron chi connectivity index (χ1n) is 8.47. The van der Waals surface area contributed by atoms with E-state index in [-0.39, 0.29) is 42.6 Å². The molecule has 0 spiro atoms. The molecule has 8 heteroatoms. The maximum atomic E-state index is 12.5. The third kappa shape index (κ3) is 3.95. The van der Waals surface area contributed by atoms with Gasteiger partial charge in [-0.15, -0.1) is 0 Å². The molecule has 0 unspecified atom stereocenters. The first kappa shape index (κ1) is 17.7. The summed E-state index contributed by atoms with van der Waals surface area (Å²) in [5.41, 5.74) is 2.95. The number of rotatable bonds is 3. The monoisotopic (exact) mass is 364 g/mol. The molecule has 2 N–H and O–H groups in total. The zero-order valence-corrected chi connectivity index (χ0v) is 15.6. The molecule has 2 amide bonds. The molecule has 2 heterocycles. The van der Waals surface area contributed by atoms with E-state index in [1.165, 1.54) is 0 Å². The summed E-state index contributed by atoms with van der Waals surface area (Å²) >= 11 is 0. The Labute approximate surface area is 147 Å². The number of aryl methyl sites for hydroxylation is 1. The largest absolute Gasteiger partial charge is 0.340 e. The highest BCUT2D eigenvalue weighted by Crippen LogP contribution is 2.23. The summed E-state index contributed by atoms with van der Waals surface area (Å²) in [5.74, 6) is 0.903. The molecule has 0 saturated carbocycles. The maximum Gasteiger partial charge on any atom is 0.318 e. The van der Waals surface area contributed by atoms with Crippen LogP contribution >= 0.6 is 0 Å². The number of urea groups is 1. The van der Waals surface area contributed by atoms with Gasteiger partial charge < -0.3 is 15.2 Å². The van der Waals surface area contributed by atoms with Crippen molar-refractivity contribution in [1.82, 2.24) is 20.2 Å². The van der Waals surface area contributed by atoms with Crippen molar-refractivity contribution in [3.63, 3.8) is 0 Å². The van der Waals surface area contributed by atoms with Crippen molar-refractivity contribution in [1.29, 1.82) is 0 Å². The summed E-state index contributed by atoms with van der Waals surface area (Å²) < 4.78 is 23.0. The van der Waals surface area contributed by atoms with Crippen molar-refractivity contribution in [3.8, 4) is 0 Å². The molecule has 1 atom stereocenters. The van der Waals surface area contributed by atoms with Gasteiger partial charge in [0.25, 0.3) is 0 Å². The number of nitrogens with one attached hydrogen (secondary N) is 2. The van der Waals surface area contributed by atoms with Crippen molar-refractivity contribution in [2.24, 2.45) is 5.92 Å². The quantitative estimate of drug-likeness (QED) is 0.871. The van der Waals surface area contributed by atoms with E-state index in [1.54, 1.807) is 4.90 Å². The van der Waals surface area contributed by atoms with Crippen molar-refractivity contribution in [2.45, 2.75) is 26.8 Å². The third-order valence-corrected chi connectivity index (χ3v) is 6.14. The Morgan fingerprint density at radius 1 is 1.28 bits per heavy atom. The molecule has 1 saturated heterocycles. The van der Waals surface area contributed by atoms with Gasteiger partial charge in [0.1, 0.15) is 5.82 Å². The van der Waals surface area contributed by atoms with Crippen molar-refractivity contribution in [2.75, 3.05) is 24.6 Å². The highest BCUT2D eigenvalue weighted by molar-refractivity contribution is 7.91. The Morgan fingerprint density at radius 3 is 2.60 bits per heavy atom. The van der Waals surface area contributed by atoms with E-state index in [4.69, 9.17) is 0 Å².